The summed E-state index contributed by atoms with van der Waals surface area (Å²) in [6.45, 7) is 5.35. The van der Waals surface area contributed by atoms with E-state index in [0.717, 1.165) is 17.1 Å². The highest BCUT2D eigenvalue weighted by Crippen LogP contribution is 2.24. The Morgan fingerprint density at radius 3 is 2.37 bits per heavy atom. The predicted molar refractivity (Wildman–Crippen MR) is 112 cm³/mol. The quantitative estimate of drug-likeness (QED) is 0.500. The predicted octanol–water partition coefficient (Wildman–Crippen LogP) is 4.84. The fraction of sp³-hybridized carbons (Fsp3) is 0.250. The molecule has 0 radical (unpaired) electrons. The van der Waals surface area contributed by atoms with Gasteiger partial charge >= 0.3 is 0 Å². The number of Topliss-reactive ketones (excluding diaryl/α,β-unsaturated/α-hetero) is 2. The molecule has 0 aliphatic heterocycles. The molecule has 3 rings (SSSR count). The third-order valence-corrected chi connectivity index (χ3v) is 4.94. The van der Waals surface area contributed by atoms with E-state index in [-0.39, 0.29) is 30.6 Å². The van der Waals surface area contributed by atoms with Crippen molar-refractivity contribution in [3.8, 4) is 11.4 Å². The summed E-state index contributed by atoms with van der Waals surface area (Å²) in [5.41, 5.74) is 4.22. The van der Waals surface area contributed by atoms with E-state index < -0.39 is 0 Å². The van der Waals surface area contributed by atoms with Crippen molar-refractivity contribution in [1.82, 2.24) is 4.57 Å². The van der Waals surface area contributed by atoms with Gasteiger partial charge in [-0.25, -0.2) is 4.39 Å². The van der Waals surface area contributed by atoms with Crippen LogP contribution in [0.2, 0.25) is 0 Å². The highest BCUT2D eigenvalue weighted by molar-refractivity contribution is 5.99. The number of carbonyl (C=O) groups excluding carboxylic acids is 2. The first-order chi connectivity index (χ1) is 14.3. The SMILES string of the molecule is COCc1cc(C(C)=O)ccc1OCC(=O)c1cc(C)n(-c2ccc(F)cc2)c1C. The van der Waals surface area contributed by atoms with Crippen molar-refractivity contribution in [2.45, 2.75) is 27.4 Å². The van der Waals surface area contributed by atoms with Gasteiger partial charge < -0.3 is 14.0 Å². The Morgan fingerprint density at radius 1 is 1.03 bits per heavy atom. The maximum atomic E-state index is 13.2. The summed E-state index contributed by atoms with van der Waals surface area (Å²) in [5.74, 6) is -0.0326. The van der Waals surface area contributed by atoms with Crippen LogP contribution in [0.3, 0.4) is 0 Å². The van der Waals surface area contributed by atoms with Gasteiger partial charge in [0.25, 0.3) is 0 Å². The van der Waals surface area contributed by atoms with E-state index in [1.807, 2.05) is 18.4 Å². The maximum Gasteiger partial charge on any atom is 0.202 e. The van der Waals surface area contributed by atoms with E-state index >= 15 is 0 Å². The fourth-order valence-electron chi connectivity index (χ4n) is 3.46. The lowest BCUT2D eigenvalue weighted by atomic mass is 10.1. The monoisotopic (exact) mass is 409 g/mol. The molecule has 5 nitrogen and oxygen atoms in total. The lowest BCUT2D eigenvalue weighted by Crippen LogP contribution is -2.14. The Hall–Kier alpha value is -3.25. The van der Waals surface area contributed by atoms with Gasteiger partial charge in [0.15, 0.2) is 12.4 Å². The van der Waals surface area contributed by atoms with Gasteiger partial charge in [-0.15, -0.1) is 0 Å². The molecule has 0 spiro atoms. The number of methoxy groups -OCH3 is 1. The number of ether oxygens (including phenoxy) is 2. The lowest BCUT2D eigenvalue weighted by molar-refractivity contribution is 0.0916. The molecule has 1 aromatic heterocycles. The Bertz CT molecular complexity index is 1080. The molecule has 1 heterocycles. The van der Waals surface area contributed by atoms with Crippen molar-refractivity contribution < 1.29 is 23.5 Å². The summed E-state index contributed by atoms with van der Waals surface area (Å²) in [4.78, 5) is 24.5. The largest absolute Gasteiger partial charge is 0.485 e. The van der Waals surface area contributed by atoms with Crippen LogP contribution in [0.4, 0.5) is 4.39 Å². The number of halogens is 1. The van der Waals surface area contributed by atoms with E-state index in [1.54, 1.807) is 43.5 Å². The number of nitrogens with zero attached hydrogens (tertiary/aromatic N) is 1. The smallest absolute Gasteiger partial charge is 0.202 e. The molecule has 0 aliphatic rings. The van der Waals surface area contributed by atoms with Crippen molar-refractivity contribution in [2.24, 2.45) is 0 Å². The van der Waals surface area contributed by atoms with E-state index in [2.05, 4.69) is 0 Å². The molecule has 0 bridgehead atoms. The van der Waals surface area contributed by atoms with Crippen LogP contribution in [0.15, 0.2) is 48.5 Å². The number of aryl methyl sites for hydroxylation is 1. The van der Waals surface area contributed by atoms with Crippen LogP contribution < -0.4 is 4.74 Å². The van der Waals surface area contributed by atoms with Crippen LogP contribution >= 0.6 is 0 Å². The first kappa shape index (κ1) is 21.5. The van der Waals surface area contributed by atoms with Crippen LogP contribution in [-0.4, -0.2) is 29.9 Å². The molecule has 3 aromatic rings. The Morgan fingerprint density at radius 2 is 1.73 bits per heavy atom. The van der Waals surface area contributed by atoms with Crippen LogP contribution in [-0.2, 0) is 11.3 Å². The van der Waals surface area contributed by atoms with Gasteiger partial charge in [-0.3, -0.25) is 9.59 Å². The highest BCUT2D eigenvalue weighted by atomic mass is 19.1. The molecular formula is C24H24FNO4. The van der Waals surface area contributed by atoms with Gasteiger partial charge in [-0.05, 0) is 69.3 Å². The number of hydrogen-bond acceptors (Lipinski definition) is 4. The van der Waals surface area contributed by atoms with Gasteiger partial charge in [-0.2, -0.15) is 0 Å². The zero-order valence-corrected chi connectivity index (χ0v) is 17.5. The third kappa shape index (κ3) is 4.49. The molecule has 30 heavy (non-hydrogen) atoms. The zero-order valence-electron chi connectivity index (χ0n) is 17.5. The molecule has 6 heteroatoms. The zero-order chi connectivity index (χ0) is 21.8. The number of ketones is 2. The van der Waals surface area contributed by atoms with Gasteiger partial charge in [0.1, 0.15) is 11.6 Å². The molecule has 0 saturated carbocycles. The average Bonchev–Trinajstić information content (AvgIpc) is 3.02. The molecule has 0 atom stereocenters. The van der Waals surface area contributed by atoms with E-state index in [9.17, 15) is 14.0 Å². The van der Waals surface area contributed by atoms with Crippen molar-refractivity contribution in [3.05, 3.63) is 82.4 Å². The third-order valence-electron chi connectivity index (χ3n) is 4.94. The molecule has 0 N–H and O–H groups in total. The Kier molecular flexibility index (Phi) is 6.47. The minimum atomic E-state index is -0.312. The normalized spacial score (nSPS) is 10.8. The number of aromatic nitrogens is 1. The molecule has 2 aromatic carbocycles. The van der Waals surface area contributed by atoms with Gasteiger partial charge in [0.05, 0.1) is 6.61 Å². The minimum Gasteiger partial charge on any atom is -0.485 e. The van der Waals surface area contributed by atoms with Gasteiger partial charge in [0.2, 0.25) is 5.78 Å². The van der Waals surface area contributed by atoms with Crippen LogP contribution in [0.5, 0.6) is 5.75 Å². The van der Waals surface area contributed by atoms with Crippen LogP contribution in [0.1, 0.15) is 44.6 Å². The topological polar surface area (TPSA) is 57.5 Å². The van der Waals surface area contributed by atoms with E-state index in [4.69, 9.17) is 9.47 Å². The summed E-state index contributed by atoms with van der Waals surface area (Å²) in [7, 11) is 1.56. The fourth-order valence-corrected chi connectivity index (χ4v) is 3.46. The number of benzene rings is 2. The minimum absolute atomic E-state index is 0.0526. The van der Waals surface area contributed by atoms with E-state index in [0.29, 0.717) is 22.4 Å². The number of hydrogen-bond donors (Lipinski definition) is 0. The second-order valence-electron chi connectivity index (χ2n) is 7.12. The van der Waals surface area contributed by atoms with E-state index in [1.165, 1.54) is 19.1 Å². The first-order valence-electron chi connectivity index (χ1n) is 9.55. The Labute approximate surface area is 175 Å². The standard InChI is InChI=1S/C24H24FNO4/c1-15-11-22(16(2)26(15)21-8-6-20(25)7-9-21)23(28)14-30-24-10-5-18(17(3)27)12-19(24)13-29-4/h5-12H,13-14H2,1-4H3. The molecule has 0 unspecified atom stereocenters. The second kappa shape index (κ2) is 9.05. The number of carbonyl (C=O) groups is 2. The number of rotatable bonds is 8. The summed E-state index contributed by atoms with van der Waals surface area (Å²) in [6.07, 6.45) is 0. The van der Waals surface area contributed by atoms with Gasteiger partial charge in [0, 0.05) is 40.9 Å². The Balaban J connectivity index is 1.81. The average molecular weight is 409 g/mol. The van der Waals surface area contributed by atoms with Crippen LogP contribution in [0, 0.1) is 19.7 Å². The maximum absolute atomic E-state index is 13.2. The highest BCUT2D eigenvalue weighted by Gasteiger charge is 2.18. The summed E-state index contributed by atoms with van der Waals surface area (Å²) in [5, 5.41) is 0. The molecule has 0 fully saturated rings. The molecular weight excluding hydrogens is 385 g/mol. The molecule has 0 aliphatic carbocycles. The molecule has 156 valence electrons. The molecule has 0 saturated heterocycles. The van der Waals surface area contributed by atoms with Crippen molar-refractivity contribution in [3.63, 3.8) is 0 Å². The summed E-state index contributed by atoms with van der Waals surface area (Å²) in [6, 6.07) is 13.0. The van der Waals surface area contributed by atoms with Crippen molar-refractivity contribution in [2.75, 3.05) is 13.7 Å². The summed E-state index contributed by atoms with van der Waals surface area (Å²) >= 11 is 0. The first-order valence-corrected chi connectivity index (χ1v) is 9.55. The van der Waals surface area contributed by atoms with Crippen molar-refractivity contribution in [1.29, 1.82) is 0 Å². The molecule has 0 amide bonds. The van der Waals surface area contributed by atoms with Crippen molar-refractivity contribution >= 4 is 11.6 Å². The second-order valence-corrected chi connectivity index (χ2v) is 7.12. The van der Waals surface area contributed by atoms with Gasteiger partial charge in [-0.1, -0.05) is 0 Å². The summed E-state index contributed by atoms with van der Waals surface area (Å²) < 4.78 is 26.1. The van der Waals surface area contributed by atoms with Crippen LogP contribution in [0.25, 0.3) is 5.69 Å². The lowest BCUT2D eigenvalue weighted by Gasteiger charge is -2.12.